The molecule has 1 rings (SSSR count). The Labute approximate surface area is 109 Å². The lowest BCUT2D eigenvalue weighted by atomic mass is 10.2. The van der Waals surface area contributed by atoms with E-state index in [1.165, 1.54) is 0 Å². The second-order valence-corrected chi connectivity index (χ2v) is 4.11. The third kappa shape index (κ3) is 6.97. The van der Waals surface area contributed by atoms with Crippen molar-refractivity contribution < 1.29 is 22.6 Å². The minimum atomic E-state index is -4.58. The van der Waals surface area contributed by atoms with Crippen LogP contribution in [0.5, 0.6) is 5.88 Å². The summed E-state index contributed by atoms with van der Waals surface area (Å²) in [5, 5.41) is 2.84. The lowest BCUT2D eigenvalue weighted by Gasteiger charge is -2.13. The summed E-state index contributed by atoms with van der Waals surface area (Å²) in [5.41, 5.74) is 0.795. The Morgan fingerprint density at radius 1 is 1.37 bits per heavy atom. The maximum Gasteiger partial charge on any atom is 0.522 e. The highest BCUT2D eigenvalue weighted by Gasteiger charge is 2.28. The van der Waals surface area contributed by atoms with E-state index < -0.39 is 13.0 Å². The maximum absolute atomic E-state index is 11.7. The van der Waals surface area contributed by atoms with Gasteiger partial charge in [0.1, 0.15) is 0 Å². The molecular weight excluding hydrogens is 261 g/mol. The molecule has 0 saturated heterocycles. The minimum absolute atomic E-state index is 0.0118. The molecule has 0 fully saturated rings. The number of alkyl halides is 3. The zero-order valence-electron chi connectivity index (χ0n) is 10.8. The second kappa shape index (κ2) is 7.30. The van der Waals surface area contributed by atoms with Gasteiger partial charge in [-0.2, -0.15) is 0 Å². The van der Waals surface area contributed by atoms with Gasteiger partial charge in [-0.3, -0.25) is 4.74 Å². The fourth-order valence-electron chi connectivity index (χ4n) is 1.35. The lowest BCUT2D eigenvalue weighted by molar-refractivity contribution is -0.323. The summed E-state index contributed by atoms with van der Waals surface area (Å²) < 4.78 is 44.3. The summed E-state index contributed by atoms with van der Waals surface area (Å²) in [5.74, 6) is 0.488. The molecule has 1 aromatic heterocycles. The third-order valence-corrected chi connectivity index (χ3v) is 2.06. The SMILES string of the molecule is CC(C)Oc1ncccc1CNCCOC(F)(F)F. The van der Waals surface area contributed by atoms with Crippen molar-refractivity contribution in [2.45, 2.75) is 32.9 Å². The zero-order chi connectivity index (χ0) is 14.3. The van der Waals surface area contributed by atoms with E-state index >= 15 is 0 Å². The molecule has 0 aliphatic heterocycles. The molecule has 4 nitrogen and oxygen atoms in total. The maximum atomic E-state index is 11.7. The summed E-state index contributed by atoms with van der Waals surface area (Å²) in [4.78, 5) is 4.08. The fraction of sp³-hybridized carbons (Fsp3) is 0.583. The second-order valence-electron chi connectivity index (χ2n) is 4.11. The molecule has 0 aliphatic rings. The molecule has 0 atom stereocenters. The first-order valence-corrected chi connectivity index (χ1v) is 5.90. The van der Waals surface area contributed by atoms with Crippen LogP contribution in [0.4, 0.5) is 13.2 Å². The summed E-state index contributed by atoms with van der Waals surface area (Å²) in [6, 6.07) is 3.55. The van der Waals surface area contributed by atoms with Crippen LogP contribution in [-0.2, 0) is 11.3 Å². The summed E-state index contributed by atoms with van der Waals surface area (Å²) in [6.07, 6.45) is -2.99. The van der Waals surface area contributed by atoms with Gasteiger partial charge in [-0.05, 0) is 19.9 Å². The van der Waals surface area contributed by atoms with Crippen molar-refractivity contribution in [3.8, 4) is 5.88 Å². The van der Waals surface area contributed by atoms with Gasteiger partial charge in [-0.15, -0.1) is 13.2 Å². The number of halogens is 3. The molecule has 1 aromatic rings. The van der Waals surface area contributed by atoms with Crippen LogP contribution in [0.25, 0.3) is 0 Å². The molecule has 0 radical (unpaired) electrons. The number of ether oxygens (including phenoxy) is 2. The van der Waals surface area contributed by atoms with E-state index in [4.69, 9.17) is 4.74 Å². The molecular formula is C12H17F3N2O2. The summed E-state index contributed by atoms with van der Waals surface area (Å²) in [7, 11) is 0. The van der Waals surface area contributed by atoms with Crippen LogP contribution in [-0.4, -0.2) is 30.6 Å². The van der Waals surface area contributed by atoms with Crippen LogP contribution in [0.1, 0.15) is 19.4 Å². The van der Waals surface area contributed by atoms with Crippen molar-refractivity contribution in [2.24, 2.45) is 0 Å². The molecule has 0 aliphatic carbocycles. The van der Waals surface area contributed by atoms with E-state index in [0.717, 1.165) is 5.56 Å². The number of aromatic nitrogens is 1. The highest BCUT2D eigenvalue weighted by atomic mass is 19.4. The molecule has 0 bridgehead atoms. The van der Waals surface area contributed by atoms with E-state index in [1.807, 2.05) is 19.9 Å². The number of hydrogen-bond donors (Lipinski definition) is 1. The normalized spacial score (nSPS) is 11.9. The molecule has 7 heteroatoms. The number of pyridine rings is 1. The van der Waals surface area contributed by atoms with Gasteiger partial charge in [0.05, 0.1) is 12.7 Å². The van der Waals surface area contributed by atoms with Crippen LogP contribution >= 0.6 is 0 Å². The Morgan fingerprint density at radius 3 is 2.74 bits per heavy atom. The minimum Gasteiger partial charge on any atom is -0.475 e. The zero-order valence-corrected chi connectivity index (χ0v) is 10.8. The smallest absolute Gasteiger partial charge is 0.475 e. The predicted molar refractivity (Wildman–Crippen MR) is 63.7 cm³/mol. The molecule has 0 spiro atoms. The monoisotopic (exact) mass is 278 g/mol. The van der Waals surface area contributed by atoms with E-state index in [1.54, 1.807) is 12.3 Å². The summed E-state index contributed by atoms with van der Waals surface area (Å²) >= 11 is 0. The first-order valence-electron chi connectivity index (χ1n) is 5.90. The molecule has 0 saturated carbocycles. The van der Waals surface area contributed by atoms with Gasteiger partial charge in [-0.1, -0.05) is 6.07 Å². The van der Waals surface area contributed by atoms with Crippen molar-refractivity contribution in [1.29, 1.82) is 0 Å². The largest absolute Gasteiger partial charge is 0.522 e. The van der Waals surface area contributed by atoms with Gasteiger partial charge in [0, 0.05) is 24.8 Å². The Kier molecular flexibility index (Phi) is 6.04. The fourth-order valence-corrected chi connectivity index (χ4v) is 1.35. The molecule has 0 unspecified atom stereocenters. The van der Waals surface area contributed by atoms with Gasteiger partial charge in [0.15, 0.2) is 0 Å². The number of nitrogens with zero attached hydrogens (tertiary/aromatic N) is 1. The Balaban J connectivity index is 2.36. The highest BCUT2D eigenvalue weighted by Crippen LogP contribution is 2.16. The predicted octanol–water partition coefficient (Wildman–Crippen LogP) is 2.49. The third-order valence-electron chi connectivity index (χ3n) is 2.06. The quantitative estimate of drug-likeness (QED) is 0.778. The van der Waals surface area contributed by atoms with Crippen LogP contribution in [0.3, 0.4) is 0 Å². The van der Waals surface area contributed by atoms with Crippen LogP contribution in [0.2, 0.25) is 0 Å². The van der Waals surface area contributed by atoms with Crippen LogP contribution in [0.15, 0.2) is 18.3 Å². The topological polar surface area (TPSA) is 43.4 Å². The van der Waals surface area contributed by atoms with Crippen molar-refractivity contribution in [3.63, 3.8) is 0 Å². The van der Waals surface area contributed by atoms with E-state index in [-0.39, 0.29) is 12.6 Å². The molecule has 1 N–H and O–H groups in total. The van der Waals surface area contributed by atoms with Crippen LogP contribution < -0.4 is 10.1 Å². The molecule has 1 heterocycles. The van der Waals surface area contributed by atoms with Crippen LogP contribution in [0, 0.1) is 0 Å². The van der Waals surface area contributed by atoms with Gasteiger partial charge in [0.2, 0.25) is 5.88 Å². The molecule has 0 aromatic carbocycles. The number of rotatable bonds is 7. The standard InChI is InChI=1S/C12H17F3N2O2/c1-9(2)19-11-10(4-3-5-17-11)8-16-6-7-18-12(13,14)15/h3-5,9,16H,6-8H2,1-2H3. The average Bonchev–Trinajstić information content (AvgIpc) is 2.28. The number of nitrogens with one attached hydrogen (secondary N) is 1. The first kappa shape index (κ1) is 15.7. The van der Waals surface area contributed by atoms with E-state index in [2.05, 4.69) is 15.0 Å². The number of hydrogen-bond acceptors (Lipinski definition) is 4. The molecule has 0 amide bonds. The van der Waals surface area contributed by atoms with Gasteiger partial charge in [0.25, 0.3) is 0 Å². The van der Waals surface area contributed by atoms with E-state index in [0.29, 0.717) is 12.4 Å². The summed E-state index contributed by atoms with van der Waals surface area (Å²) in [6.45, 7) is 3.79. The first-order chi connectivity index (χ1) is 8.88. The Hall–Kier alpha value is -1.34. The highest BCUT2D eigenvalue weighted by molar-refractivity contribution is 5.25. The molecule has 19 heavy (non-hydrogen) atoms. The van der Waals surface area contributed by atoms with Crippen molar-refractivity contribution in [3.05, 3.63) is 23.9 Å². The van der Waals surface area contributed by atoms with Gasteiger partial charge >= 0.3 is 6.36 Å². The van der Waals surface area contributed by atoms with Gasteiger partial charge in [-0.25, -0.2) is 4.98 Å². The molecule has 108 valence electrons. The van der Waals surface area contributed by atoms with E-state index in [9.17, 15) is 13.2 Å². The van der Waals surface area contributed by atoms with Crippen molar-refractivity contribution in [1.82, 2.24) is 10.3 Å². The van der Waals surface area contributed by atoms with Gasteiger partial charge < -0.3 is 10.1 Å². The van der Waals surface area contributed by atoms with Crippen molar-refractivity contribution in [2.75, 3.05) is 13.2 Å². The Morgan fingerprint density at radius 2 is 2.11 bits per heavy atom. The average molecular weight is 278 g/mol. The Bertz CT molecular complexity index is 383. The lowest BCUT2D eigenvalue weighted by Crippen LogP contribution is -2.24. The van der Waals surface area contributed by atoms with Crippen molar-refractivity contribution >= 4 is 0 Å².